The molecular weight excluding hydrogens is 294 g/mol. The molecule has 10 heteroatoms. The number of aliphatic carboxylic acids is 1. The summed E-state index contributed by atoms with van der Waals surface area (Å²) in [7, 11) is 0. The van der Waals surface area contributed by atoms with Gasteiger partial charge in [0, 0.05) is 24.3 Å². The average molecular weight is 303 g/mol. The number of rotatable bonds is 5. The summed E-state index contributed by atoms with van der Waals surface area (Å²) in [4.78, 5) is 39.7. The minimum absolute atomic E-state index is 0.144. The van der Waals surface area contributed by atoms with Crippen LogP contribution in [0.4, 0.5) is 11.5 Å². The maximum Gasteiger partial charge on any atom is 0.328 e. The molecule has 0 bridgehead atoms. The summed E-state index contributed by atoms with van der Waals surface area (Å²) in [6.45, 7) is 0. The number of carbonyl (C=O) groups is 2. The van der Waals surface area contributed by atoms with Gasteiger partial charge in [0.05, 0.1) is 15.8 Å². The Morgan fingerprint density at radius 3 is 2.73 bits per heavy atom. The molecule has 0 aliphatic heterocycles. The lowest BCUT2D eigenvalue weighted by Gasteiger charge is -2.08. The highest BCUT2D eigenvalue weighted by Crippen LogP contribution is 2.23. The number of amides is 1. The standard InChI is InChI=1S/C12H9N5O5/c18-10(3-4-11(19)20)15-16-12-8-5-7(17(21)22)1-2-9(8)13-6-14-12/h1-6H,(H,15,18)(H,19,20)(H,13,14,16)/b4-3+. The van der Waals surface area contributed by atoms with E-state index in [1.165, 1.54) is 24.5 Å². The van der Waals surface area contributed by atoms with Crippen LogP contribution in [-0.2, 0) is 9.59 Å². The van der Waals surface area contributed by atoms with Crippen molar-refractivity contribution < 1.29 is 19.6 Å². The summed E-state index contributed by atoms with van der Waals surface area (Å²) in [5.74, 6) is -1.84. The Kier molecular flexibility index (Phi) is 4.22. The molecule has 1 heterocycles. The third kappa shape index (κ3) is 3.50. The van der Waals surface area contributed by atoms with Gasteiger partial charge in [0.25, 0.3) is 11.6 Å². The third-order valence-electron chi connectivity index (χ3n) is 2.51. The first-order valence-corrected chi connectivity index (χ1v) is 5.83. The van der Waals surface area contributed by atoms with Crippen LogP contribution in [-0.4, -0.2) is 31.9 Å². The van der Waals surface area contributed by atoms with E-state index in [1.54, 1.807) is 0 Å². The minimum Gasteiger partial charge on any atom is -0.478 e. The van der Waals surface area contributed by atoms with Crippen LogP contribution in [0.15, 0.2) is 36.7 Å². The highest BCUT2D eigenvalue weighted by molar-refractivity contribution is 5.96. The molecule has 2 rings (SSSR count). The lowest BCUT2D eigenvalue weighted by atomic mass is 10.2. The predicted octanol–water partition coefficient (Wildman–Crippen LogP) is 0.622. The lowest BCUT2D eigenvalue weighted by molar-refractivity contribution is -0.384. The van der Waals surface area contributed by atoms with Crippen LogP contribution in [0, 0.1) is 10.1 Å². The van der Waals surface area contributed by atoms with Crippen molar-refractivity contribution >= 4 is 34.3 Å². The van der Waals surface area contributed by atoms with Crippen molar-refractivity contribution in [3.8, 4) is 0 Å². The molecule has 0 unspecified atom stereocenters. The van der Waals surface area contributed by atoms with E-state index in [4.69, 9.17) is 5.11 Å². The Labute approximate surface area is 122 Å². The van der Waals surface area contributed by atoms with Gasteiger partial charge in [-0.25, -0.2) is 14.8 Å². The highest BCUT2D eigenvalue weighted by Gasteiger charge is 2.10. The van der Waals surface area contributed by atoms with E-state index in [1.807, 2.05) is 0 Å². The van der Waals surface area contributed by atoms with Gasteiger partial charge in [-0.2, -0.15) is 0 Å². The van der Waals surface area contributed by atoms with E-state index >= 15 is 0 Å². The number of hydrazine groups is 1. The number of non-ortho nitro benzene ring substituents is 1. The van der Waals surface area contributed by atoms with Crippen molar-refractivity contribution in [2.24, 2.45) is 0 Å². The molecule has 0 aliphatic carbocycles. The van der Waals surface area contributed by atoms with Crippen LogP contribution in [0.3, 0.4) is 0 Å². The Hall–Kier alpha value is -3.56. The summed E-state index contributed by atoms with van der Waals surface area (Å²) in [5, 5.41) is 19.5. The van der Waals surface area contributed by atoms with E-state index in [0.29, 0.717) is 17.0 Å². The van der Waals surface area contributed by atoms with Crippen LogP contribution in [0.25, 0.3) is 10.9 Å². The van der Waals surface area contributed by atoms with Crippen molar-refractivity contribution in [2.75, 3.05) is 5.43 Å². The van der Waals surface area contributed by atoms with Crippen molar-refractivity contribution in [1.82, 2.24) is 15.4 Å². The van der Waals surface area contributed by atoms with E-state index in [-0.39, 0.29) is 11.5 Å². The van der Waals surface area contributed by atoms with Gasteiger partial charge in [0.15, 0.2) is 5.82 Å². The summed E-state index contributed by atoms with van der Waals surface area (Å²) in [6, 6.07) is 4.01. The third-order valence-corrected chi connectivity index (χ3v) is 2.51. The minimum atomic E-state index is -1.27. The number of fused-ring (bicyclic) bond motifs is 1. The SMILES string of the molecule is O=C(O)/C=C/C(=O)NNc1ncnc2ccc([N+](=O)[O-])cc12. The van der Waals surface area contributed by atoms with E-state index in [0.717, 1.165) is 6.08 Å². The van der Waals surface area contributed by atoms with Crippen LogP contribution >= 0.6 is 0 Å². The fourth-order valence-electron chi connectivity index (χ4n) is 1.57. The Morgan fingerprint density at radius 1 is 1.27 bits per heavy atom. The van der Waals surface area contributed by atoms with Gasteiger partial charge in [0.2, 0.25) is 0 Å². The quantitative estimate of drug-likeness (QED) is 0.413. The molecule has 0 spiro atoms. The predicted molar refractivity (Wildman–Crippen MR) is 74.7 cm³/mol. The molecule has 0 aliphatic rings. The number of nitro groups is 1. The maximum absolute atomic E-state index is 11.4. The molecule has 3 N–H and O–H groups in total. The van der Waals surface area contributed by atoms with Gasteiger partial charge in [-0.15, -0.1) is 0 Å². The first-order chi connectivity index (χ1) is 10.5. The maximum atomic E-state index is 11.4. The second-order valence-electron chi connectivity index (χ2n) is 3.97. The summed E-state index contributed by atoms with van der Waals surface area (Å²) in [5.41, 5.74) is 4.95. The molecule has 2 aromatic rings. The van der Waals surface area contributed by atoms with Gasteiger partial charge in [0.1, 0.15) is 6.33 Å². The number of hydrogen-bond acceptors (Lipinski definition) is 7. The van der Waals surface area contributed by atoms with Crippen LogP contribution < -0.4 is 10.9 Å². The molecule has 0 fully saturated rings. The van der Waals surface area contributed by atoms with Crippen molar-refractivity contribution in [1.29, 1.82) is 0 Å². The molecule has 22 heavy (non-hydrogen) atoms. The normalized spacial score (nSPS) is 10.5. The smallest absolute Gasteiger partial charge is 0.328 e. The molecular formula is C12H9N5O5. The number of nitrogens with zero attached hydrogens (tertiary/aromatic N) is 3. The van der Waals surface area contributed by atoms with Crippen molar-refractivity contribution in [3.05, 3.63) is 46.8 Å². The fourth-order valence-corrected chi connectivity index (χ4v) is 1.57. The first kappa shape index (κ1) is 14.8. The average Bonchev–Trinajstić information content (AvgIpc) is 2.50. The van der Waals surface area contributed by atoms with Gasteiger partial charge in [-0.05, 0) is 6.07 Å². The number of carboxylic acid groups (broad SMARTS) is 1. The second-order valence-corrected chi connectivity index (χ2v) is 3.97. The number of carbonyl (C=O) groups excluding carboxylic acids is 1. The van der Waals surface area contributed by atoms with Crippen LogP contribution in [0.1, 0.15) is 0 Å². The monoisotopic (exact) mass is 303 g/mol. The molecule has 1 aromatic heterocycles. The van der Waals surface area contributed by atoms with Gasteiger partial charge in [-0.3, -0.25) is 25.8 Å². The number of benzene rings is 1. The molecule has 1 amide bonds. The Bertz CT molecular complexity index is 789. The Morgan fingerprint density at radius 2 is 2.05 bits per heavy atom. The molecule has 10 nitrogen and oxygen atoms in total. The van der Waals surface area contributed by atoms with Crippen LogP contribution in [0.5, 0.6) is 0 Å². The molecule has 0 radical (unpaired) electrons. The van der Waals surface area contributed by atoms with Gasteiger partial charge < -0.3 is 5.11 Å². The van der Waals surface area contributed by atoms with Crippen LogP contribution in [0.2, 0.25) is 0 Å². The zero-order valence-electron chi connectivity index (χ0n) is 10.9. The molecule has 0 saturated heterocycles. The Balaban J connectivity index is 2.23. The van der Waals surface area contributed by atoms with Crippen molar-refractivity contribution in [3.63, 3.8) is 0 Å². The number of carboxylic acids is 1. The summed E-state index contributed by atoms with van der Waals surface area (Å²) in [6.07, 6.45) is 2.69. The van der Waals surface area contributed by atoms with Gasteiger partial charge >= 0.3 is 5.97 Å². The number of hydrogen-bond donors (Lipinski definition) is 3. The second kappa shape index (κ2) is 6.26. The topological polar surface area (TPSA) is 147 Å². The number of aromatic nitrogens is 2. The molecule has 1 aromatic carbocycles. The first-order valence-electron chi connectivity index (χ1n) is 5.83. The van der Waals surface area contributed by atoms with E-state index in [2.05, 4.69) is 20.8 Å². The van der Waals surface area contributed by atoms with Crippen molar-refractivity contribution in [2.45, 2.75) is 0 Å². The fraction of sp³-hybridized carbons (Fsp3) is 0. The van der Waals surface area contributed by atoms with E-state index < -0.39 is 16.8 Å². The van der Waals surface area contributed by atoms with E-state index in [9.17, 15) is 19.7 Å². The summed E-state index contributed by atoms with van der Waals surface area (Å²) >= 11 is 0. The molecule has 112 valence electrons. The molecule has 0 atom stereocenters. The lowest BCUT2D eigenvalue weighted by Crippen LogP contribution is -2.28. The highest BCUT2D eigenvalue weighted by atomic mass is 16.6. The summed E-state index contributed by atoms with van der Waals surface area (Å²) < 4.78 is 0. The number of nitrogens with one attached hydrogen (secondary N) is 2. The molecule has 0 saturated carbocycles. The zero-order chi connectivity index (χ0) is 16.1. The van der Waals surface area contributed by atoms with Gasteiger partial charge in [-0.1, -0.05) is 0 Å². The number of nitro benzene ring substituents is 1. The number of anilines is 1. The zero-order valence-corrected chi connectivity index (χ0v) is 10.9. The largest absolute Gasteiger partial charge is 0.478 e.